The Kier molecular flexibility index (Phi) is 7.30. The van der Waals surface area contributed by atoms with Gasteiger partial charge in [0.1, 0.15) is 5.82 Å². The molecule has 0 amide bonds. The zero-order chi connectivity index (χ0) is 86.0. The van der Waals surface area contributed by atoms with Crippen molar-refractivity contribution in [2.75, 3.05) is 9.80 Å². The number of benzene rings is 9. The predicted octanol–water partition coefficient (Wildman–Crippen LogP) is 17.0. The smallest absolute Gasteiger partial charge is 0.181 e. The van der Waals surface area contributed by atoms with Gasteiger partial charge in [0.2, 0.25) is 0 Å². The van der Waals surface area contributed by atoms with Crippen LogP contribution in [0, 0.1) is 18.8 Å². The molecule has 2 aromatic heterocycles. The Morgan fingerprint density at radius 2 is 1.20 bits per heavy atom. The van der Waals surface area contributed by atoms with Gasteiger partial charge in [0, 0.05) is 88.8 Å². The van der Waals surface area contributed by atoms with Gasteiger partial charge >= 0.3 is 0 Å². The maximum absolute atomic E-state index is 10.9. The molecule has 11 aromatic rings. The van der Waals surface area contributed by atoms with E-state index in [4.69, 9.17) is 22.1 Å². The van der Waals surface area contributed by atoms with Gasteiger partial charge in [-0.15, -0.1) is 48.1 Å². The number of aromatic nitrogens is 2. The van der Waals surface area contributed by atoms with Crippen LogP contribution in [0.1, 0.15) is 151 Å². The van der Waals surface area contributed by atoms with Crippen LogP contribution in [-0.2, 0) is 42.7 Å². The first-order valence-corrected chi connectivity index (χ1v) is 28.1. The fourth-order valence-corrected chi connectivity index (χ4v) is 14.8. The van der Waals surface area contributed by atoms with Crippen LogP contribution in [0.15, 0.2) is 218 Å². The summed E-state index contributed by atoms with van der Waals surface area (Å²) in [6.45, 7) is -6.22. The average molecular weight is 1310 g/mol. The number of rotatable bonds is 10. The van der Waals surface area contributed by atoms with E-state index in [1.54, 1.807) is 30.5 Å². The zero-order valence-electron chi connectivity index (χ0n) is 79.5. The third kappa shape index (κ3) is 9.76. The molecule has 1 aliphatic carbocycles. The van der Waals surface area contributed by atoms with Gasteiger partial charge in [-0.2, -0.15) is 12.1 Å². The van der Waals surface area contributed by atoms with E-state index in [1.165, 1.54) is 67.6 Å². The molecular weight excluding hydrogens is 1210 g/mol. The summed E-state index contributed by atoms with van der Waals surface area (Å²) >= 11 is 0. The van der Waals surface area contributed by atoms with Crippen LogP contribution in [-0.4, -0.2) is 17.6 Å². The molecule has 418 valence electrons. The molecule has 13 rings (SSSR count). The summed E-state index contributed by atoms with van der Waals surface area (Å²) in [4.78, 5) is 7.40. The third-order valence-electron chi connectivity index (χ3n) is 14.8. The van der Waals surface area contributed by atoms with E-state index < -0.39 is 222 Å². The van der Waals surface area contributed by atoms with Crippen LogP contribution in [0.25, 0.3) is 38.8 Å². The molecule has 2 aliphatic rings. The predicted molar refractivity (Wildman–Crippen MR) is 346 cm³/mol. The van der Waals surface area contributed by atoms with Gasteiger partial charge < -0.3 is 19.1 Å². The van der Waals surface area contributed by atoms with E-state index >= 15 is 0 Å². The molecule has 0 radical (unpaired) electrons. The van der Waals surface area contributed by atoms with Gasteiger partial charge in [0.15, 0.2) is 8.07 Å². The molecule has 0 N–H and O–H groups in total. The van der Waals surface area contributed by atoms with Gasteiger partial charge in [-0.3, -0.25) is 0 Å². The Hall–Kier alpha value is -7.76. The Labute approximate surface area is 554 Å². The van der Waals surface area contributed by atoms with Crippen LogP contribution in [0.5, 0.6) is 11.5 Å². The molecule has 0 saturated heterocycles. The molecule has 9 aromatic carbocycles. The summed E-state index contributed by atoms with van der Waals surface area (Å²) in [5.41, 5.74) is -15.7. The number of hydrogen-bond acceptors (Lipinski definition) is 4. The van der Waals surface area contributed by atoms with Crippen LogP contribution in [0.4, 0.5) is 22.7 Å². The van der Waals surface area contributed by atoms with E-state index in [0.717, 1.165) is 27.9 Å². The number of ether oxygens (including phenoxy) is 1. The van der Waals surface area contributed by atoms with Crippen LogP contribution >= 0.6 is 0 Å². The Bertz CT molecular complexity index is 5710. The van der Waals surface area contributed by atoms with E-state index in [1.807, 2.05) is 47.0 Å². The summed E-state index contributed by atoms with van der Waals surface area (Å²) in [5, 5.41) is -2.38. The Balaban J connectivity index is 0.0000126. The summed E-state index contributed by atoms with van der Waals surface area (Å²) in [6, 6.07) is 11.4. The Morgan fingerprint density at radius 1 is 0.602 bits per heavy atom. The maximum Gasteiger partial charge on any atom is 0.181 e. The van der Waals surface area contributed by atoms with Crippen molar-refractivity contribution in [1.29, 1.82) is 0 Å². The fraction of sp³-hybridized carbons (Fsp3) is 0.211. The number of para-hydroxylation sites is 3. The molecule has 0 bridgehead atoms. The van der Waals surface area contributed by atoms with Crippen molar-refractivity contribution < 1.29 is 72.4 Å². The van der Waals surface area contributed by atoms with E-state index in [0.29, 0.717) is 11.3 Å². The molecule has 1 aliphatic heterocycles. The van der Waals surface area contributed by atoms with Gasteiger partial charge in [0.25, 0.3) is 0 Å². The SMILES string of the molecule is [2H]c1c([2H])c([2H])c([Si](c2cc(C(C)(C)C)cc(-c3c([2H])c([2H])c4c(c3[2H])C(C([2H])([2H])[2H])(C([2H])([2H])[2H])C([2H])([2H])C([2H])([2H])C4(C([2H])([2H])[2H])C([2H])([2H])[2H])c2N2[CH-]N(c3[c-]c(Oc4[c-]c5c(cc4)c4ccccc4n5-c4cc(C(C)(C)C)ccn4)ccc3)c3ccccc32)(c2c([2H])c([2H])c([2H])c([2H])c2[2H])c2c([2H])c([2H])c([2H])c([2H])c2[2H])c([2H])c1[2H].[Pt]. The van der Waals surface area contributed by atoms with Crippen molar-refractivity contribution in [3.63, 3.8) is 0 Å². The van der Waals surface area contributed by atoms with Gasteiger partial charge in [-0.1, -0.05) is 220 Å². The summed E-state index contributed by atoms with van der Waals surface area (Å²) in [6.07, 6.45) is -7.94. The number of nitrogens with zero attached hydrogens (tertiary/aromatic N) is 4. The van der Waals surface area contributed by atoms with Crippen molar-refractivity contribution in [3.8, 4) is 28.4 Å². The molecule has 5 nitrogen and oxygen atoms in total. The second-order valence-corrected chi connectivity index (χ2v) is 25.6. The largest absolute Gasteiger partial charge is 0.509 e. The van der Waals surface area contributed by atoms with Crippen LogP contribution < -0.4 is 35.3 Å². The van der Waals surface area contributed by atoms with Crippen molar-refractivity contribution in [2.45, 2.75) is 103 Å². The number of fused-ring (bicyclic) bond motifs is 5. The molecule has 0 saturated carbocycles. The normalized spacial score (nSPS) is 22.5. The first kappa shape index (κ1) is 28.7. The molecule has 7 heteroatoms. The van der Waals surface area contributed by atoms with Crippen molar-refractivity contribution in [2.24, 2.45) is 0 Å². The maximum atomic E-state index is 10.9. The average Bonchev–Trinajstić information content (AvgIpc) is 1.30. The summed E-state index contributed by atoms with van der Waals surface area (Å²) in [5.74, 6) is 0.751. The molecule has 3 heterocycles. The number of pyridine rings is 1. The molecule has 0 atom stereocenters. The van der Waals surface area contributed by atoms with Gasteiger partial charge in [-0.25, -0.2) is 4.98 Å². The Morgan fingerprint density at radius 3 is 1.84 bits per heavy atom. The quantitative estimate of drug-likeness (QED) is 0.0776. The first-order valence-electron chi connectivity index (χ1n) is 43.1. The molecule has 0 spiro atoms. The second kappa shape index (κ2) is 21.1. The van der Waals surface area contributed by atoms with Crippen LogP contribution in [0.3, 0.4) is 0 Å². The zero-order valence-corrected chi connectivity index (χ0v) is 48.8. The molecular formula is C76H71N4OPtSi-3. The summed E-state index contributed by atoms with van der Waals surface area (Å²) in [7, 11) is -6.65. The minimum Gasteiger partial charge on any atom is -0.509 e. The minimum atomic E-state index is -6.65. The topological polar surface area (TPSA) is 33.5 Å². The molecule has 83 heavy (non-hydrogen) atoms. The van der Waals surface area contributed by atoms with Crippen molar-refractivity contribution in [3.05, 3.63) is 259 Å². The van der Waals surface area contributed by atoms with E-state index in [9.17, 15) is 34.3 Å². The molecule has 0 fully saturated rings. The standard InChI is InChI=1S/C76H71N4OSi.Pt/c1-73(2,3)53-41-44-77-71(48-53)80-66-34-21-20-33-61(66)62-39-38-57(50-69(62)80)81-56-26-24-25-55(49-56)78-51-79(68-36-23-22-35-67(68)78)72-63(52-37-40-64-65(45-52)76(9,10)43-42-75(64,7)8)46-54(74(4,5)6)47-70(72)82(58-27-14-11-15-28-58,59-29-16-12-17-30-59)60-31-18-13-19-32-60;/h11-41,44-48,51H,42-43H2,1-10H3;/q-3;/i7D3,8D3,9D3,10D3,11D,12D,13D,14D,15D,16D,17D,18D,19D,27D,28D,29D,30D,31D,32D,37D,40D,42D2,43D2,45D;. The van der Waals surface area contributed by atoms with Crippen LogP contribution in [0.2, 0.25) is 0 Å². The minimum absolute atomic E-state index is 0. The first-order chi connectivity index (χ1) is 53.4. The van der Waals surface area contributed by atoms with Gasteiger partial charge in [0.05, 0.1) is 24.7 Å². The fourth-order valence-electron chi connectivity index (χ4n) is 10.7. The van der Waals surface area contributed by atoms with Gasteiger partial charge in [-0.05, 0) is 125 Å². The van der Waals surface area contributed by atoms with Crippen molar-refractivity contribution in [1.82, 2.24) is 9.55 Å². The second-order valence-electron chi connectivity index (χ2n) is 22.1. The van der Waals surface area contributed by atoms with Crippen molar-refractivity contribution >= 4 is 73.4 Å². The number of anilines is 4. The number of hydrogen-bond donors (Lipinski definition) is 0. The third-order valence-corrected chi connectivity index (χ3v) is 19.0. The van der Waals surface area contributed by atoms with E-state index in [2.05, 4.69) is 32.9 Å². The van der Waals surface area contributed by atoms with E-state index in [-0.39, 0.29) is 60.6 Å². The summed E-state index contributed by atoms with van der Waals surface area (Å²) < 4.78 is 335. The molecule has 0 unspecified atom stereocenters. The monoisotopic (exact) mass is 1310 g/mol.